The summed E-state index contributed by atoms with van der Waals surface area (Å²) in [6.45, 7) is 7.35. The monoisotopic (exact) mass is 358 g/mol. The molecule has 0 heterocycles. The second-order valence-electron chi connectivity index (χ2n) is 7.20. The van der Waals surface area contributed by atoms with E-state index in [9.17, 15) is 9.59 Å². The van der Waals surface area contributed by atoms with Gasteiger partial charge in [0.15, 0.2) is 6.04 Å². The van der Waals surface area contributed by atoms with Gasteiger partial charge in [0.05, 0.1) is 24.4 Å². The molecular formula is C20H26N2O4. The van der Waals surface area contributed by atoms with Crippen LogP contribution in [0.1, 0.15) is 38.1 Å². The average Bonchev–Trinajstić information content (AvgIpc) is 2.56. The summed E-state index contributed by atoms with van der Waals surface area (Å²) >= 11 is 0. The number of rotatable bonds is 5. The van der Waals surface area contributed by atoms with Crippen LogP contribution >= 0.6 is 0 Å². The summed E-state index contributed by atoms with van der Waals surface area (Å²) < 4.78 is 10.6. The van der Waals surface area contributed by atoms with Crippen LogP contribution in [0, 0.1) is 0 Å². The number of nitrogens with two attached hydrogens (primary N) is 1. The molecule has 26 heavy (non-hydrogen) atoms. The summed E-state index contributed by atoms with van der Waals surface area (Å²) in [6.07, 6.45) is -0.576. The van der Waals surface area contributed by atoms with E-state index in [4.69, 9.17) is 15.2 Å². The molecule has 140 valence electrons. The summed E-state index contributed by atoms with van der Waals surface area (Å²) in [5.41, 5.74) is 6.22. The Hall–Kier alpha value is -2.60. The molecule has 0 spiro atoms. The van der Waals surface area contributed by atoms with E-state index < -0.39 is 29.6 Å². The molecule has 0 aromatic heterocycles. The van der Waals surface area contributed by atoms with Crippen molar-refractivity contribution in [1.29, 1.82) is 0 Å². The molecule has 0 fully saturated rings. The van der Waals surface area contributed by atoms with Gasteiger partial charge in [-0.05, 0) is 50.6 Å². The van der Waals surface area contributed by atoms with Crippen molar-refractivity contribution >= 4 is 28.3 Å². The molecule has 0 aliphatic carbocycles. The van der Waals surface area contributed by atoms with Crippen LogP contribution in [0.5, 0.6) is 0 Å². The molecule has 2 aromatic rings. The summed E-state index contributed by atoms with van der Waals surface area (Å²) in [5.74, 6) is -1.03. The Morgan fingerprint density at radius 1 is 1.12 bits per heavy atom. The molecule has 0 aliphatic heterocycles. The predicted octanol–water partition coefficient (Wildman–Crippen LogP) is 2.90. The van der Waals surface area contributed by atoms with Crippen molar-refractivity contribution in [3.8, 4) is 0 Å². The van der Waals surface area contributed by atoms with Gasteiger partial charge < -0.3 is 20.5 Å². The highest BCUT2D eigenvalue weighted by Gasteiger charge is 2.32. The SMILES string of the molecule is COC(=O)[C@@H](NC(=O)c1cc2ccccc2cc1N)C(C)OC(C)(C)C. The molecule has 0 radical (unpaired) electrons. The van der Waals surface area contributed by atoms with E-state index in [0.717, 1.165) is 10.8 Å². The van der Waals surface area contributed by atoms with Crippen LogP contribution in [-0.2, 0) is 14.3 Å². The van der Waals surface area contributed by atoms with Crippen molar-refractivity contribution in [2.24, 2.45) is 0 Å². The number of fused-ring (bicyclic) bond motifs is 1. The van der Waals surface area contributed by atoms with E-state index in [1.54, 1.807) is 19.1 Å². The molecule has 0 saturated heterocycles. The van der Waals surface area contributed by atoms with E-state index in [1.165, 1.54) is 7.11 Å². The van der Waals surface area contributed by atoms with Crippen LogP contribution in [0.15, 0.2) is 36.4 Å². The smallest absolute Gasteiger partial charge is 0.331 e. The van der Waals surface area contributed by atoms with E-state index in [0.29, 0.717) is 11.3 Å². The fourth-order valence-corrected chi connectivity index (χ4v) is 2.79. The number of carbonyl (C=O) groups excluding carboxylic acids is 2. The van der Waals surface area contributed by atoms with Crippen molar-refractivity contribution in [1.82, 2.24) is 5.32 Å². The maximum absolute atomic E-state index is 12.8. The topological polar surface area (TPSA) is 90.7 Å². The first-order valence-electron chi connectivity index (χ1n) is 8.47. The van der Waals surface area contributed by atoms with E-state index in [1.807, 2.05) is 45.0 Å². The summed E-state index contributed by atoms with van der Waals surface area (Å²) in [6, 6.07) is 10.1. The molecule has 6 nitrogen and oxygen atoms in total. The Morgan fingerprint density at radius 2 is 1.69 bits per heavy atom. The molecule has 0 bridgehead atoms. The number of ether oxygens (including phenoxy) is 2. The first-order chi connectivity index (χ1) is 12.1. The molecule has 1 unspecified atom stereocenters. The van der Waals surface area contributed by atoms with E-state index >= 15 is 0 Å². The Balaban J connectivity index is 2.29. The normalized spacial score (nSPS) is 13.9. The second-order valence-corrected chi connectivity index (χ2v) is 7.20. The highest BCUT2D eigenvalue weighted by Crippen LogP contribution is 2.22. The van der Waals surface area contributed by atoms with Crippen LogP contribution in [0.2, 0.25) is 0 Å². The van der Waals surface area contributed by atoms with Crippen LogP contribution in [0.4, 0.5) is 5.69 Å². The van der Waals surface area contributed by atoms with Gasteiger partial charge in [0.2, 0.25) is 0 Å². The Labute approximate surface area is 153 Å². The van der Waals surface area contributed by atoms with Crippen molar-refractivity contribution in [2.45, 2.75) is 45.4 Å². The van der Waals surface area contributed by atoms with Crippen molar-refractivity contribution in [3.05, 3.63) is 42.0 Å². The minimum absolute atomic E-state index is 0.306. The van der Waals surface area contributed by atoms with Gasteiger partial charge in [-0.1, -0.05) is 24.3 Å². The first kappa shape index (κ1) is 19.7. The highest BCUT2D eigenvalue weighted by atomic mass is 16.5. The maximum Gasteiger partial charge on any atom is 0.331 e. The molecule has 2 aromatic carbocycles. The molecule has 2 atom stereocenters. The van der Waals surface area contributed by atoms with Crippen molar-refractivity contribution in [2.75, 3.05) is 12.8 Å². The number of nitrogen functional groups attached to an aromatic ring is 1. The lowest BCUT2D eigenvalue weighted by molar-refractivity contribution is -0.150. The zero-order valence-electron chi connectivity index (χ0n) is 15.8. The maximum atomic E-state index is 12.8. The molecule has 1 amide bonds. The van der Waals surface area contributed by atoms with E-state index in [-0.39, 0.29) is 0 Å². The molecule has 0 saturated carbocycles. The minimum Gasteiger partial charge on any atom is -0.467 e. The number of carbonyl (C=O) groups is 2. The number of nitrogens with one attached hydrogen (secondary N) is 1. The number of benzene rings is 2. The average molecular weight is 358 g/mol. The van der Waals surface area contributed by atoms with Gasteiger partial charge in [-0.15, -0.1) is 0 Å². The lowest BCUT2D eigenvalue weighted by Gasteiger charge is -2.30. The highest BCUT2D eigenvalue weighted by molar-refractivity contribution is 6.05. The molecule has 3 N–H and O–H groups in total. The summed E-state index contributed by atoms with van der Waals surface area (Å²) in [7, 11) is 1.27. The van der Waals surface area contributed by atoms with Gasteiger partial charge in [0, 0.05) is 5.69 Å². The molecular weight excluding hydrogens is 332 g/mol. The minimum atomic E-state index is -0.947. The third-order valence-corrected chi connectivity index (χ3v) is 3.91. The van der Waals surface area contributed by atoms with Crippen molar-refractivity contribution in [3.63, 3.8) is 0 Å². The fraction of sp³-hybridized carbons (Fsp3) is 0.400. The number of esters is 1. The van der Waals surface area contributed by atoms with Gasteiger partial charge in [-0.2, -0.15) is 0 Å². The predicted molar refractivity (Wildman–Crippen MR) is 102 cm³/mol. The second kappa shape index (κ2) is 7.74. The zero-order valence-corrected chi connectivity index (χ0v) is 15.8. The number of hydrogen-bond donors (Lipinski definition) is 2. The lowest BCUT2D eigenvalue weighted by Crippen LogP contribution is -2.51. The Kier molecular flexibility index (Phi) is 5.87. The largest absolute Gasteiger partial charge is 0.467 e. The lowest BCUT2D eigenvalue weighted by atomic mass is 10.0. The molecule has 6 heteroatoms. The summed E-state index contributed by atoms with van der Waals surface area (Å²) in [5, 5.41) is 4.52. The zero-order chi connectivity index (χ0) is 19.5. The molecule has 2 rings (SSSR count). The molecule has 0 aliphatic rings. The van der Waals surface area contributed by atoms with Gasteiger partial charge in [-0.3, -0.25) is 4.79 Å². The standard InChI is InChI=1S/C20H26N2O4/c1-12(26-20(2,3)4)17(19(24)25-5)22-18(23)15-10-13-8-6-7-9-14(13)11-16(15)21/h6-12,17H,21H2,1-5H3,(H,22,23)/t12?,17-/m0/s1. The van der Waals surface area contributed by atoms with E-state index in [2.05, 4.69) is 5.32 Å². The third-order valence-electron chi connectivity index (χ3n) is 3.91. The number of anilines is 1. The van der Waals surface area contributed by atoms with Gasteiger partial charge >= 0.3 is 5.97 Å². The Bertz CT molecular complexity index is 811. The summed E-state index contributed by atoms with van der Waals surface area (Å²) in [4.78, 5) is 24.9. The third kappa shape index (κ3) is 4.73. The number of hydrogen-bond acceptors (Lipinski definition) is 5. The number of methoxy groups -OCH3 is 1. The van der Waals surface area contributed by atoms with Gasteiger partial charge in [-0.25, -0.2) is 4.79 Å². The Morgan fingerprint density at radius 3 is 2.23 bits per heavy atom. The van der Waals surface area contributed by atoms with Gasteiger partial charge in [0.1, 0.15) is 0 Å². The van der Waals surface area contributed by atoms with Crippen LogP contribution in [0.3, 0.4) is 0 Å². The van der Waals surface area contributed by atoms with Crippen LogP contribution < -0.4 is 11.1 Å². The van der Waals surface area contributed by atoms with Crippen molar-refractivity contribution < 1.29 is 19.1 Å². The fourth-order valence-electron chi connectivity index (χ4n) is 2.79. The van der Waals surface area contributed by atoms with Crippen LogP contribution in [0.25, 0.3) is 10.8 Å². The van der Waals surface area contributed by atoms with Gasteiger partial charge in [0.25, 0.3) is 5.91 Å². The quantitative estimate of drug-likeness (QED) is 0.633. The number of amides is 1. The van der Waals surface area contributed by atoms with Crippen LogP contribution in [-0.4, -0.2) is 36.7 Å². The first-order valence-corrected chi connectivity index (χ1v) is 8.47.